The van der Waals surface area contributed by atoms with E-state index < -0.39 is 17.8 Å². The molecule has 0 aromatic heterocycles. The third-order valence-corrected chi connectivity index (χ3v) is 4.33. The Labute approximate surface area is 129 Å². The van der Waals surface area contributed by atoms with Gasteiger partial charge in [0.25, 0.3) is 0 Å². The van der Waals surface area contributed by atoms with Gasteiger partial charge in [-0.15, -0.1) is 0 Å². The number of allylic oxidation sites excluding steroid dienone is 2. The van der Waals surface area contributed by atoms with Gasteiger partial charge >= 0.3 is 5.97 Å². The summed E-state index contributed by atoms with van der Waals surface area (Å²) < 4.78 is 13.5. The molecule has 1 aliphatic rings. The van der Waals surface area contributed by atoms with Crippen LogP contribution in [0.25, 0.3) is 0 Å². The van der Waals surface area contributed by atoms with Crippen LogP contribution in [-0.2, 0) is 16.1 Å². The standard InChI is InChI=1S/C17H20FNO3/c1-10-7-13(14(17(21)22)8-11(10)2)16(20)19-9-12-5-3-4-6-15(12)18/h3-6,13-14H,7-9H2,1-2H3,(H,19,20)(H,21,22)/t13-,14-/m1/s1. The molecule has 0 bridgehead atoms. The Morgan fingerprint density at radius 3 is 2.36 bits per heavy atom. The van der Waals surface area contributed by atoms with E-state index in [1.807, 2.05) is 13.8 Å². The third kappa shape index (κ3) is 3.53. The normalized spacial score (nSPS) is 21.6. The Hall–Kier alpha value is -2.17. The van der Waals surface area contributed by atoms with Gasteiger partial charge in [0, 0.05) is 12.1 Å². The lowest BCUT2D eigenvalue weighted by Crippen LogP contribution is -2.39. The number of carboxylic acid groups (broad SMARTS) is 1. The molecule has 1 aliphatic carbocycles. The van der Waals surface area contributed by atoms with Crippen molar-refractivity contribution in [3.63, 3.8) is 0 Å². The number of rotatable bonds is 4. The third-order valence-electron chi connectivity index (χ3n) is 4.33. The fourth-order valence-electron chi connectivity index (χ4n) is 2.78. The number of hydrogen-bond donors (Lipinski definition) is 2. The second-order valence-corrected chi connectivity index (χ2v) is 5.83. The monoisotopic (exact) mass is 305 g/mol. The molecule has 0 spiro atoms. The first-order valence-corrected chi connectivity index (χ1v) is 7.29. The predicted octanol–water partition coefficient (Wildman–Crippen LogP) is 2.89. The number of aliphatic carboxylic acids is 1. The highest BCUT2D eigenvalue weighted by molar-refractivity contribution is 5.85. The van der Waals surface area contributed by atoms with E-state index in [0.29, 0.717) is 18.4 Å². The summed E-state index contributed by atoms with van der Waals surface area (Å²) in [5, 5.41) is 12.0. The van der Waals surface area contributed by atoms with Crippen LogP contribution < -0.4 is 5.32 Å². The van der Waals surface area contributed by atoms with Gasteiger partial charge in [-0.1, -0.05) is 29.3 Å². The van der Waals surface area contributed by atoms with E-state index in [0.717, 1.165) is 11.1 Å². The zero-order valence-corrected chi connectivity index (χ0v) is 12.7. The topological polar surface area (TPSA) is 66.4 Å². The van der Waals surface area contributed by atoms with E-state index in [9.17, 15) is 19.1 Å². The maximum Gasteiger partial charge on any atom is 0.307 e. The minimum absolute atomic E-state index is 0.0656. The van der Waals surface area contributed by atoms with Crippen LogP contribution in [0.1, 0.15) is 32.3 Å². The van der Waals surface area contributed by atoms with Crippen LogP contribution in [0.2, 0.25) is 0 Å². The van der Waals surface area contributed by atoms with Gasteiger partial charge in [-0.25, -0.2) is 4.39 Å². The fraction of sp³-hybridized carbons (Fsp3) is 0.412. The summed E-state index contributed by atoms with van der Waals surface area (Å²) >= 11 is 0. The molecule has 5 heteroatoms. The summed E-state index contributed by atoms with van der Waals surface area (Å²) in [5.41, 5.74) is 2.48. The maximum absolute atomic E-state index is 13.5. The lowest BCUT2D eigenvalue weighted by molar-refractivity contribution is -0.147. The average molecular weight is 305 g/mol. The minimum Gasteiger partial charge on any atom is -0.481 e. The molecule has 0 saturated heterocycles. The van der Waals surface area contributed by atoms with Gasteiger partial charge in [0.05, 0.1) is 11.8 Å². The van der Waals surface area contributed by atoms with Crippen LogP contribution in [0.15, 0.2) is 35.4 Å². The molecule has 2 N–H and O–H groups in total. The van der Waals surface area contributed by atoms with E-state index >= 15 is 0 Å². The lowest BCUT2D eigenvalue weighted by atomic mass is 9.76. The van der Waals surface area contributed by atoms with Crippen LogP contribution >= 0.6 is 0 Å². The van der Waals surface area contributed by atoms with Gasteiger partial charge in [0.2, 0.25) is 5.91 Å². The van der Waals surface area contributed by atoms with Crippen molar-refractivity contribution in [2.24, 2.45) is 11.8 Å². The molecule has 4 nitrogen and oxygen atoms in total. The zero-order valence-electron chi connectivity index (χ0n) is 12.7. The number of hydrogen-bond acceptors (Lipinski definition) is 2. The van der Waals surface area contributed by atoms with Crippen molar-refractivity contribution in [3.8, 4) is 0 Å². The van der Waals surface area contributed by atoms with Gasteiger partial charge in [-0.2, -0.15) is 0 Å². The van der Waals surface area contributed by atoms with Gasteiger partial charge < -0.3 is 10.4 Å². The molecule has 0 heterocycles. The number of amides is 1. The van der Waals surface area contributed by atoms with Gasteiger partial charge in [-0.05, 0) is 32.8 Å². The SMILES string of the molecule is CC1=C(C)C[C@@H](C(=O)NCc2ccccc2F)[C@H](C(=O)O)C1. The molecule has 1 aromatic carbocycles. The first-order valence-electron chi connectivity index (χ1n) is 7.29. The number of benzene rings is 1. The van der Waals surface area contributed by atoms with Crippen LogP contribution in [0, 0.1) is 17.7 Å². The number of carboxylic acids is 1. The number of carbonyl (C=O) groups excluding carboxylic acids is 1. The smallest absolute Gasteiger partial charge is 0.307 e. The van der Waals surface area contributed by atoms with Crippen molar-refractivity contribution in [1.29, 1.82) is 0 Å². The fourth-order valence-corrected chi connectivity index (χ4v) is 2.78. The van der Waals surface area contributed by atoms with Crippen LogP contribution in [0.3, 0.4) is 0 Å². The molecule has 0 fully saturated rings. The zero-order chi connectivity index (χ0) is 16.3. The molecule has 1 amide bonds. The summed E-state index contributed by atoms with van der Waals surface area (Å²) in [6, 6.07) is 6.21. The molecule has 0 saturated carbocycles. The summed E-state index contributed by atoms with van der Waals surface area (Å²) in [6.07, 6.45) is 0.824. The van der Waals surface area contributed by atoms with E-state index in [1.165, 1.54) is 6.07 Å². The molecular formula is C17H20FNO3. The van der Waals surface area contributed by atoms with E-state index in [4.69, 9.17) is 0 Å². The number of nitrogens with one attached hydrogen (secondary N) is 1. The number of carbonyl (C=O) groups is 2. The summed E-state index contributed by atoms with van der Waals surface area (Å²) in [4.78, 5) is 23.7. The Bertz CT molecular complexity index is 624. The summed E-state index contributed by atoms with van der Waals surface area (Å²) in [5.74, 6) is -2.99. The highest BCUT2D eigenvalue weighted by atomic mass is 19.1. The van der Waals surface area contributed by atoms with Crippen LogP contribution in [0.4, 0.5) is 4.39 Å². The van der Waals surface area contributed by atoms with Gasteiger partial charge in [0.1, 0.15) is 5.82 Å². The molecular weight excluding hydrogens is 285 g/mol. The summed E-state index contributed by atoms with van der Waals surface area (Å²) in [7, 11) is 0. The lowest BCUT2D eigenvalue weighted by Gasteiger charge is -2.29. The molecule has 118 valence electrons. The average Bonchev–Trinajstić information content (AvgIpc) is 2.48. The second kappa shape index (κ2) is 6.73. The Balaban J connectivity index is 2.07. The van der Waals surface area contributed by atoms with Crippen molar-refractivity contribution in [2.45, 2.75) is 33.2 Å². The highest BCUT2D eigenvalue weighted by Crippen LogP contribution is 2.34. The van der Waals surface area contributed by atoms with Crippen molar-refractivity contribution >= 4 is 11.9 Å². The van der Waals surface area contributed by atoms with Crippen LogP contribution in [-0.4, -0.2) is 17.0 Å². The second-order valence-electron chi connectivity index (χ2n) is 5.83. The van der Waals surface area contributed by atoms with Crippen LogP contribution in [0.5, 0.6) is 0 Å². The minimum atomic E-state index is -0.960. The van der Waals surface area contributed by atoms with Crippen molar-refractivity contribution < 1.29 is 19.1 Å². The maximum atomic E-state index is 13.5. The van der Waals surface area contributed by atoms with E-state index in [1.54, 1.807) is 18.2 Å². The Morgan fingerprint density at radius 2 is 1.77 bits per heavy atom. The first kappa shape index (κ1) is 16.2. The van der Waals surface area contributed by atoms with Crippen molar-refractivity contribution in [1.82, 2.24) is 5.32 Å². The molecule has 2 atom stereocenters. The van der Waals surface area contributed by atoms with E-state index in [2.05, 4.69) is 5.32 Å². The van der Waals surface area contributed by atoms with E-state index in [-0.39, 0.29) is 18.3 Å². The quantitative estimate of drug-likeness (QED) is 0.841. The van der Waals surface area contributed by atoms with Gasteiger partial charge in [0.15, 0.2) is 0 Å². The highest BCUT2D eigenvalue weighted by Gasteiger charge is 2.37. The Kier molecular flexibility index (Phi) is 4.96. The summed E-state index contributed by atoms with van der Waals surface area (Å²) in [6.45, 7) is 3.89. The molecule has 2 rings (SSSR count). The molecule has 0 aliphatic heterocycles. The predicted molar refractivity (Wildman–Crippen MR) is 80.5 cm³/mol. The van der Waals surface area contributed by atoms with Crippen molar-refractivity contribution in [2.75, 3.05) is 0 Å². The number of halogens is 1. The molecule has 1 aromatic rings. The van der Waals surface area contributed by atoms with Gasteiger partial charge in [-0.3, -0.25) is 9.59 Å². The molecule has 22 heavy (non-hydrogen) atoms. The largest absolute Gasteiger partial charge is 0.481 e. The molecule has 0 radical (unpaired) electrons. The molecule has 0 unspecified atom stereocenters. The van der Waals surface area contributed by atoms with Crippen molar-refractivity contribution in [3.05, 3.63) is 46.8 Å². The first-order chi connectivity index (χ1) is 10.4. The Morgan fingerprint density at radius 1 is 1.18 bits per heavy atom.